The number of benzene rings is 1. The molecule has 0 aliphatic carbocycles. The quantitative estimate of drug-likeness (QED) is 0.186. The molecule has 25 heavy (non-hydrogen) atoms. The highest BCUT2D eigenvalue weighted by Gasteiger charge is 2.18. The van der Waals surface area contributed by atoms with Gasteiger partial charge in [-0.2, -0.15) is 0 Å². The molecule has 138 valence electrons. The Morgan fingerprint density at radius 1 is 1.32 bits per heavy atom. The lowest BCUT2D eigenvalue weighted by atomic mass is 10.1. The highest BCUT2D eigenvalue weighted by molar-refractivity contribution is 8.11. The summed E-state index contributed by atoms with van der Waals surface area (Å²) in [5.74, 6) is 2.19. The minimum Gasteiger partial charge on any atom is -0.493 e. The van der Waals surface area contributed by atoms with E-state index < -0.39 is 11.4 Å². The summed E-state index contributed by atoms with van der Waals surface area (Å²) < 4.78 is 14.1. The minimum atomic E-state index is -0.807. The fourth-order valence-electron chi connectivity index (χ4n) is 2.79. The maximum absolute atomic E-state index is 10.9. The number of hydrogen-bond donors (Lipinski definition) is 4. The third-order valence-corrected chi connectivity index (χ3v) is 5.55. The van der Waals surface area contributed by atoms with E-state index in [1.807, 2.05) is 18.2 Å². The largest absolute Gasteiger partial charge is 0.493 e. The van der Waals surface area contributed by atoms with Crippen LogP contribution in [0.2, 0.25) is 0 Å². The zero-order chi connectivity index (χ0) is 17.5. The van der Waals surface area contributed by atoms with Crippen molar-refractivity contribution in [3.05, 3.63) is 35.2 Å². The Bertz CT molecular complexity index is 637. The Hall–Kier alpha value is -1.90. The Kier molecular flexibility index (Phi) is 6.43. The first-order chi connectivity index (χ1) is 12.2. The second-order valence-corrected chi connectivity index (χ2v) is 7.62. The fraction of sp³-hybridized carbons (Fsp3) is 0.471. The lowest BCUT2D eigenvalue weighted by Crippen LogP contribution is -2.17. The number of fused-ring (bicyclic) bond motifs is 1. The zero-order valence-corrected chi connectivity index (χ0v) is 14.9. The van der Waals surface area contributed by atoms with Crippen LogP contribution in [0.1, 0.15) is 43.2 Å². The van der Waals surface area contributed by atoms with Crippen molar-refractivity contribution < 1.29 is 24.0 Å². The van der Waals surface area contributed by atoms with Crippen LogP contribution in [0.15, 0.2) is 24.1 Å². The SMILES string of the molecule is O=C(CCCCCC[SH]1N/C(=C/c2ccc3c(c2)CCO3)OO1)NO. The molecule has 3 rings (SSSR count). The lowest BCUT2D eigenvalue weighted by molar-refractivity contribution is -0.135. The number of unbranched alkanes of at least 4 members (excludes halogenated alkanes) is 3. The van der Waals surface area contributed by atoms with E-state index in [9.17, 15) is 4.79 Å². The van der Waals surface area contributed by atoms with E-state index >= 15 is 0 Å². The molecule has 1 fully saturated rings. The van der Waals surface area contributed by atoms with E-state index in [1.165, 1.54) is 5.56 Å². The molecule has 1 aromatic rings. The molecule has 0 aromatic heterocycles. The molecule has 0 spiro atoms. The predicted octanol–water partition coefficient (Wildman–Crippen LogP) is 2.76. The molecule has 1 amide bonds. The van der Waals surface area contributed by atoms with E-state index in [0.717, 1.165) is 55.8 Å². The molecule has 7 nitrogen and oxygen atoms in total. The standard InChI is InChI=1S/C17H24N2O5S/c20-16(18-21)5-3-1-2-4-10-25-19-17(23-24-25)12-13-6-7-15-14(11-13)8-9-22-15/h6-7,11-12,19,21,25H,1-5,8-10H2,(H,18,20)/b17-12-. The third-order valence-electron chi connectivity index (χ3n) is 4.10. The minimum absolute atomic E-state index is 0.327. The molecule has 3 N–H and O–H groups in total. The van der Waals surface area contributed by atoms with Gasteiger partial charge in [0.05, 0.1) is 6.61 Å². The van der Waals surface area contributed by atoms with E-state index in [4.69, 9.17) is 19.2 Å². The smallest absolute Gasteiger partial charge is 0.243 e. The van der Waals surface area contributed by atoms with Crippen LogP contribution < -0.4 is 14.9 Å². The van der Waals surface area contributed by atoms with Gasteiger partial charge in [0.1, 0.15) is 5.75 Å². The van der Waals surface area contributed by atoms with Crippen LogP contribution in [0.4, 0.5) is 0 Å². The molecular weight excluding hydrogens is 344 g/mol. The van der Waals surface area contributed by atoms with Gasteiger partial charge >= 0.3 is 0 Å². The Balaban J connectivity index is 1.36. The fourth-order valence-corrected chi connectivity index (χ4v) is 4.05. The maximum Gasteiger partial charge on any atom is 0.243 e. The first-order valence-electron chi connectivity index (χ1n) is 8.54. The number of carbonyl (C=O) groups is 1. The second-order valence-electron chi connectivity index (χ2n) is 6.05. The average Bonchev–Trinajstić information content (AvgIpc) is 3.26. The third kappa shape index (κ3) is 5.29. The summed E-state index contributed by atoms with van der Waals surface area (Å²) >= 11 is -0.807. The van der Waals surface area contributed by atoms with Crippen LogP contribution in [0.3, 0.4) is 0 Å². The molecule has 0 radical (unpaired) electrons. The Morgan fingerprint density at radius 2 is 2.20 bits per heavy atom. The summed E-state index contributed by atoms with van der Waals surface area (Å²) in [5.41, 5.74) is 3.94. The Labute approximate surface area is 149 Å². The van der Waals surface area contributed by atoms with Gasteiger partial charge in [0, 0.05) is 24.7 Å². The van der Waals surface area contributed by atoms with Crippen molar-refractivity contribution in [3.8, 4) is 5.75 Å². The van der Waals surface area contributed by atoms with Crippen molar-refractivity contribution in [1.82, 2.24) is 10.2 Å². The molecular formula is C17H24N2O5S. The predicted molar refractivity (Wildman–Crippen MR) is 95.8 cm³/mol. The molecule has 1 saturated heterocycles. The summed E-state index contributed by atoms with van der Waals surface area (Å²) in [6, 6.07) is 6.11. The van der Waals surface area contributed by atoms with Crippen molar-refractivity contribution in [2.45, 2.75) is 38.5 Å². The van der Waals surface area contributed by atoms with Crippen molar-refractivity contribution in [2.24, 2.45) is 0 Å². The topological polar surface area (TPSA) is 89.1 Å². The number of carbonyl (C=O) groups excluding carboxylic acids is 1. The van der Waals surface area contributed by atoms with E-state index in [-0.39, 0.29) is 5.91 Å². The zero-order valence-electron chi connectivity index (χ0n) is 14.0. The van der Waals surface area contributed by atoms with Gasteiger partial charge in [-0.3, -0.25) is 14.7 Å². The van der Waals surface area contributed by atoms with Gasteiger partial charge in [0.15, 0.2) is 0 Å². The van der Waals surface area contributed by atoms with Gasteiger partial charge in [-0.05, 0) is 47.5 Å². The molecule has 0 saturated carbocycles. The van der Waals surface area contributed by atoms with Gasteiger partial charge in [-0.1, -0.05) is 18.9 Å². The van der Waals surface area contributed by atoms with Crippen LogP contribution in [-0.4, -0.2) is 23.5 Å². The lowest BCUT2D eigenvalue weighted by Gasteiger charge is -2.09. The van der Waals surface area contributed by atoms with E-state index in [1.54, 1.807) is 5.48 Å². The summed E-state index contributed by atoms with van der Waals surface area (Å²) in [5, 5.41) is 8.41. The molecule has 1 atom stereocenters. The maximum atomic E-state index is 10.9. The van der Waals surface area contributed by atoms with Crippen LogP contribution in [0.25, 0.3) is 6.08 Å². The molecule has 2 aliphatic heterocycles. The molecule has 1 unspecified atom stereocenters. The monoisotopic (exact) mass is 368 g/mol. The summed E-state index contributed by atoms with van der Waals surface area (Å²) in [6.07, 6.45) is 7.01. The number of thiol groups is 1. The number of hydroxylamine groups is 1. The highest BCUT2D eigenvalue weighted by Crippen LogP contribution is 2.34. The van der Waals surface area contributed by atoms with Crippen LogP contribution in [0.5, 0.6) is 5.75 Å². The molecule has 2 aliphatic rings. The second kappa shape index (κ2) is 8.98. The van der Waals surface area contributed by atoms with E-state index in [2.05, 4.69) is 10.8 Å². The van der Waals surface area contributed by atoms with Gasteiger partial charge in [0.2, 0.25) is 11.8 Å². The first kappa shape index (κ1) is 17.9. The normalized spacial score (nSPS) is 21.3. The van der Waals surface area contributed by atoms with Gasteiger partial charge < -0.3 is 9.62 Å². The Morgan fingerprint density at radius 3 is 3.08 bits per heavy atom. The number of ether oxygens (including phenoxy) is 1. The number of hydrogen-bond acceptors (Lipinski definition) is 6. The molecule has 8 heteroatoms. The van der Waals surface area contributed by atoms with Crippen LogP contribution in [-0.2, 0) is 20.4 Å². The number of amides is 1. The number of rotatable bonds is 8. The number of nitrogens with one attached hydrogen (secondary N) is 2. The van der Waals surface area contributed by atoms with E-state index in [0.29, 0.717) is 12.3 Å². The van der Waals surface area contributed by atoms with Crippen molar-refractivity contribution in [1.29, 1.82) is 0 Å². The van der Waals surface area contributed by atoms with Crippen molar-refractivity contribution in [2.75, 3.05) is 12.4 Å². The van der Waals surface area contributed by atoms with Gasteiger partial charge in [0.25, 0.3) is 0 Å². The molecule has 0 bridgehead atoms. The summed E-state index contributed by atoms with van der Waals surface area (Å²) in [4.78, 5) is 16.2. The van der Waals surface area contributed by atoms with Crippen LogP contribution >= 0.6 is 11.4 Å². The van der Waals surface area contributed by atoms with Crippen molar-refractivity contribution in [3.63, 3.8) is 0 Å². The van der Waals surface area contributed by atoms with Gasteiger partial charge in [-0.15, -0.1) is 4.33 Å². The summed E-state index contributed by atoms with van der Waals surface area (Å²) in [6.45, 7) is 0.753. The summed E-state index contributed by atoms with van der Waals surface area (Å²) in [7, 11) is 0. The molecule has 1 aromatic carbocycles. The van der Waals surface area contributed by atoms with Crippen molar-refractivity contribution >= 4 is 23.3 Å². The first-order valence-corrected chi connectivity index (χ1v) is 9.98. The average molecular weight is 368 g/mol. The highest BCUT2D eigenvalue weighted by atomic mass is 32.2. The van der Waals surface area contributed by atoms with Crippen LogP contribution in [0, 0.1) is 0 Å². The molecule has 2 heterocycles. The van der Waals surface area contributed by atoms with Gasteiger partial charge in [-0.25, -0.2) is 5.48 Å².